The SMILES string of the molecule is O=C(Oc1ccccc1C(=O)/C=C/c1ccco1)c1ccccc1Br. The number of hydrogen-bond donors (Lipinski definition) is 0. The van der Waals surface area contributed by atoms with Crippen molar-refractivity contribution in [3.63, 3.8) is 0 Å². The largest absolute Gasteiger partial charge is 0.465 e. The van der Waals surface area contributed by atoms with Gasteiger partial charge >= 0.3 is 5.97 Å². The summed E-state index contributed by atoms with van der Waals surface area (Å²) >= 11 is 3.32. The number of furan rings is 1. The van der Waals surface area contributed by atoms with Crippen LogP contribution in [0, 0.1) is 0 Å². The van der Waals surface area contributed by atoms with E-state index in [9.17, 15) is 9.59 Å². The van der Waals surface area contributed by atoms with Gasteiger partial charge in [0.25, 0.3) is 0 Å². The van der Waals surface area contributed by atoms with Crippen molar-refractivity contribution in [2.45, 2.75) is 0 Å². The molecule has 1 aromatic heterocycles. The third kappa shape index (κ3) is 4.14. The fourth-order valence-corrected chi connectivity index (χ4v) is 2.62. The van der Waals surface area contributed by atoms with Crippen LogP contribution in [0.15, 0.2) is 81.9 Å². The van der Waals surface area contributed by atoms with Gasteiger partial charge in [-0.1, -0.05) is 24.3 Å². The monoisotopic (exact) mass is 396 g/mol. The lowest BCUT2D eigenvalue weighted by Crippen LogP contribution is -2.11. The lowest BCUT2D eigenvalue weighted by Gasteiger charge is -2.09. The smallest absolute Gasteiger partial charge is 0.344 e. The van der Waals surface area contributed by atoms with E-state index in [-0.39, 0.29) is 11.5 Å². The Kier molecular flexibility index (Phi) is 5.26. The molecule has 0 bridgehead atoms. The number of benzene rings is 2. The number of esters is 1. The van der Waals surface area contributed by atoms with Gasteiger partial charge in [0.1, 0.15) is 11.5 Å². The van der Waals surface area contributed by atoms with Crippen LogP contribution in [0.2, 0.25) is 0 Å². The Morgan fingerprint density at radius 1 is 0.920 bits per heavy atom. The van der Waals surface area contributed by atoms with E-state index in [0.29, 0.717) is 21.4 Å². The van der Waals surface area contributed by atoms with Crippen LogP contribution in [-0.4, -0.2) is 11.8 Å². The van der Waals surface area contributed by atoms with Gasteiger partial charge in [0.05, 0.1) is 17.4 Å². The van der Waals surface area contributed by atoms with Crippen LogP contribution in [0.1, 0.15) is 26.5 Å². The molecule has 3 aromatic rings. The highest BCUT2D eigenvalue weighted by atomic mass is 79.9. The van der Waals surface area contributed by atoms with Crippen LogP contribution in [0.3, 0.4) is 0 Å². The molecule has 0 fully saturated rings. The molecule has 0 N–H and O–H groups in total. The summed E-state index contributed by atoms with van der Waals surface area (Å²) in [6, 6.07) is 17.0. The molecule has 5 heteroatoms. The first-order chi connectivity index (χ1) is 12.1. The van der Waals surface area contributed by atoms with Crippen LogP contribution in [0.25, 0.3) is 6.08 Å². The molecular formula is C20H13BrO4. The van der Waals surface area contributed by atoms with E-state index in [1.54, 1.807) is 66.7 Å². The molecule has 4 nitrogen and oxygen atoms in total. The first-order valence-electron chi connectivity index (χ1n) is 7.47. The number of halogens is 1. The van der Waals surface area contributed by atoms with Crippen molar-refractivity contribution in [1.29, 1.82) is 0 Å². The average Bonchev–Trinajstić information content (AvgIpc) is 3.14. The third-order valence-electron chi connectivity index (χ3n) is 3.39. The highest BCUT2D eigenvalue weighted by molar-refractivity contribution is 9.10. The number of hydrogen-bond acceptors (Lipinski definition) is 4. The Balaban J connectivity index is 1.82. The van der Waals surface area contributed by atoms with Crippen molar-refractivity contribution in [3.8, 4) is 5.75 Å². The Labute approximate surface area is 152 Å². The minimum atomic E-state index is -0.539. The summed E-state index contributed by atoms with van der Waals surface area (Å²) in [5, 5.41) is 0. The second kappa shape index (κ2) is 7.77. The molecule has 0 unspecified atom stereocenters. The van der Waals surface area contributed by atoms with Gasteiger partial charge in [0.2, 0.25) is 0 Å². The molecule has 0 saturated carbocycles. The molecule has 0 atom stereocenters. The molecule has 0 aliphatic carbocycles. The van der Waals surface area contributed by atoms with Gasteiger partial charge < -0.3 is 9.15 Å². The van der Waals surface area contributed by atoms with Gasteiger partial charge in [0, 0.05) is 4.47 Å². The fourth-order valence-electron chi connectivity index (χ4n) is 2.17. The molecular weight excluding hydrogens is 384 g/mol. The van der Waals surface area contributed by atoms with E-state index in [2.05, 4.69) is 15.9 Å². The van der Waals surface area contributed by atoms with Crippen LogP contribution < -0.4 is 4.74 Å². The lowest BCUT2D eigenvalue weighted by molar-refractivity contribution is 0.0732. The van der Waals surface area contributed by atoms with E-state index < -0.39 is 5.97 Å². The van der Waals surface area contributed by atoms with Gasteiger partial charge in [-0.2, -0.15) is 0 Å². The first-order valence-corrected chi connectivity index (χ1v) is 8.26. The Morgan fingerprint density at radius 2 is 1.64 bits per heavy atom. The number of ether oxygens (including phenoxy) is 1. The van der Waals surface area contributed by atoms with E-state index in [0.717, 1.165) is 0 Å². The molecule has 3 rings (SSSR count). The van der Waals surface area contributed by atoms with Gasteiger partial charge in [-0.25, -0.2) is 4.79 Å². The highest BCUT2D eigenvalue weighted by Gasteiger charge is 2.16. The maximum Gasteiger partial charge on any atom is 0.344 e. The number of carbonyl (C=O) groups excluding carboxylic acids is 2. The number of carbonyl (C=O) groups is 2. The van der Waals surface area contributed by atoms with Crippen molar-refractivity contribution in [3.05, 3.63) is 94.4 Å². The van der Waals surface area contributed by atoms with E-state index in [1.165, 1.54) is 12.3 Å². The lowest BCUT2D eigenvalue weighted by atomic mass is 10.1. The number of allylic oxidation sites excluding steroid dienone is 1. The molecule has 0 aliphatic heterocycles. The topological polar surface area (TPSA) is 56.5 Å². The predicted molar refractivity (Wildman–Crippen MR) is 97.6 cm³/mol. The van der Waals surface area contributed by atoms with Crippen LogP contribution >= 0.6 is 15.9 Å². The zero-order valence-corrected chi connectivity index (χ0v) is 14.6. The first kappa shape index (κ1) is 16.9. The average molecular weight is 397 g/mol. The van der Waals surface area contributed by atoms with Gasteiger partial charge in [-0.15, -0.1) is 0 Å². The number of ketones is 1. The summed E-state index contributed by atoms with van der Waals surface area (Å²) in [5.41, 5.74) is 0.682. The predicted octanol–water partition coefficient (Wildman–Crippen LogP) is 5.16. The summed E-state index contributed by atoms with van der Waals surface area (Å²) in [5.74, 6) is -0.0527. The minimum absolute atomic E-state index is 0.206. The van der Waals surface area contributed by atoms with Crippen LogP contribution in [0.5, 0.6) is 5.75 Å². The van der Waals surface area contributed by atoms with Crippen molar-refractivity contribution in [2.24, 2.45) is 0 Å². The van der Waals surface area contributed by atoms with E-state index >= 15 is 0 Å². The number of rotatable bonds is 5. The van der Waals surface area contributed by atoms with Gasteiger partial charge in [0.15, 0.2) is 5.78 Å². The quantitative estimate of drug-likeness (QED) is 0.258. The Bertz CT molecular complexity index is 926. The van der Waals surface area contributed by atoms with Gasteiger partial charge in [-0.05, 0) is 64.5 Å². The van der Waals surface area contributed by atoms with Crippen LogP contribution in [0.4, 0.5) is 0 Å². The minimum Gasteiger partial charge on any atom is -0.465 e. The Hall–Kier alpha value is -2.92. The third-order valence-corrected chi connectivity index (χ3v) is 4.08. The summed E-state index contributed by atoms with van der Waals surface area (Å²) in [6.45, 7) is 0. The summed E-state index contributed by atoms with van der Waals surface area (Å²) < 4.78 is 11.2. The van der Waals surface area contributed by atoms with E-state index in [4.69, 9.17) is 9.15 Å². The standard InChI is InChI=1S/C20H13BrO4/c21-17-9-3-1-7-15(17)20(23)25-19-10-4-2-8-16(19)18(22)12-11-14-6-5-13-24-14/h1-13H/b12-11+. The molecule has 0 spiro atoms. The molecule has 1 heterocycles. The van der Waals surface area contributed by atoms with Crippen LogP contribution in [-0.2, 0) is 0 Å². The van der Waals surface area contributed by atoms with Crippen molar-refractivity contribution >= 4 is 33.8 Å². The maximum atomic E-state index is 12.4. The summed E-state index contributed by atoms with van der Waals surface area (Å²) in [4.78, 5) is 24.8. The van der Waals surface area contributed by atoms with Gasteiger partial charge in [-0.3, -0.25) is 4.79 Å². The molecule has 2 aromatic carbocycles. The zero-order chi connectivity index (χ0) is 17.6. The Morgan fingerprint density at radius 3 is 2.36 bits per heavy atom. The molecule has 124 valence electrons. The van der Waals surface area contributed by atoms with E-state index in [1.807, 2.05) is 0 Å². The summed E-state index contributed by atoms with van der Waals surface area (Å²) in [7, 11) is 0. The van der Waals surface area contributed by atoms with Crippen molar-refractivity contribution in [1.82, 2.24) is 0 Å². The fraction of sp³-hybridized carbons (Fsp3) is 0. The normalized spacial score (nSPS) is 10.8. The molecule has 0 aliphatic rings. The second-order valence-corrected chi connectivity index (χ2v) is 5.93. The van der Waals surface area contributed by atoms with Crippen molar-refractivity contribution < 1.29 is 18.7 Å². The van der Waals surface area contributed by atoms with Crippen molar-refractivity contribution in [2.75, 3.05) is 0 Å². The molecule has 0 radical (unpaired) electrons. The molecule has 0 amide bonds. The molecule has 0 saturated heterocycles. The number of para-hydroxylation sites is 1. The zero-order valence-electron chi connectivity index (χ0n) is 13.0. The highest BCUT2D eigenvalue weighted by Crippen LogP contribution is 2.23. The second-order valence-electron chi connectivity index (χ2n) is 5.08. The molecule has 25 heavy (non-hydrogen) atoms. The maximum absolute atomic E-state index is 12.4. The summed E-state index contributed by atoms with van der Waals surface area (Å²) in [6.07, 6.45) is 4.47.